The van der Waals surface area contributed by atoms with Gasteiger partial charge in [0.1, 0.15) is 5.69 Å². The van der Waals surface area contributed by atoms with Gasteiger partial charge in [0, 0.05) is 13.2 Å². The van der Waals surface area contributed by atoms with Crippen LogP contribution in [0.15, 0.2) is 9.51 Å². The Labute approximate surface area is 79.0 Å². The highest BCUT2D eigenvalue weighted by Crippen LogP contribution is 2.18. The van der Waals surface area contributed by atoms with E-state index in [4.69, 9.17) is 4.42 Å². The van der Waals surface area contributed by atoms with Crippen LogP contribution in [-0.2, 0) is 15.2 Å². The molecular formula is C6H8BrNO3S. The summed E-state index contributed by atoms with van der Waals surface area (Å²) >= 11 is 3.13. The molecule has 0 fully saturated rings. The zero-order valence-corrected chi connectivity index (χ0v) is 9.07. The van der Waals surface area contributed by atoms with Gasteiger partial charge in [0.15, 0.2) is 5.89 Å². The molecule has 0 spiro atoms. The number of oxazole rings is 1. The predicted molar refractivity (Wildman–Crippen MR) is 47.0 cm³/mol. The maximum absolute atomic E-state index is 11.1. The molecule has 6 heteroatoms. The minimum absolute atomic E-state index is 0.0446. The summed E-state index contributed by atoms with van der Waals surface area (Å²) in [5.41, 5.74) is 0.426. The number of hydrogen-bond acceptors (Lipinski definition) is 4. The van der Waals surface area contributed by atoms with E-state index in [-0.39, 0.29) is 5.09 Å². The van der Waals surface area contributed by atoms with E-state index >= 15 is 0 Å². The fourth-order valence-electron chi connectivity index (χ4n) is 0.826. The van der Waals surface area contributed by atoms with Gasteiger partial charge in [0.05, 0.1) is 5.33 Å². The molecule has 0 radical (unpaired) electrons. The Hall–Kier alpha value is -0.360. The van der Waals surface area contributed by atoms with Crippen LogP contribution < -0.4 is 0 Å². The Bertz CT molecular complexity index is 381. The third-order valence-corrected chi connectivity index (χ3v) is 2.76. The van der Waals surface area contributed by atoms with E-state index in [0.717, 1.165) is 6.26 Å². The Morgan fingerprint density at radius 3 is 2.50 bits per heavy atom. The fourth-order valence-corrected chi connectivity index (χ4v) is 2.21. The van der Waals surface area contributed by atoms with E-state index < -0.39 is 9.84 Å². The van der Waals surface area contributed by atoms with Crippen LogP contribution in [0.5, 0.6) is 0 Å². The van der Waals surface area contributed by atoms with Gasteiger partial charge in [-0.25, -0.2) is 13.4 Å². The number of aryl methyl sites for hydroxylation is 1. The molecule has 0 N–H and O–H groups in total. The lowest BCUT2D eigenvalue weighted by Gasteiger charge is -1.91. The van der Waals surface area contributed by atoms with Crippen molar-refractivity contribution in [3.05, 3.63) is 11.6 Å². The third-order valence-electron chi connectivity index (χ3n) is 1.23. The second kappa shape index (κ2) is 3.18. The number of halogens is 1. The van der Waals surface area contributed by atoms with Crippen LogP contribution in [-0.4, -0.2) is 19.7 Å². The number of nitrogens with zero attached hydrogens (tertiary/aromatic N) is 1. The minimum Gasteiger partial charge on any atom is -0.429 e. The van der Waals surface area contributed by atoms with Gasteiger partial charge in [-0.05, 0) is 0 Å². The van der Waals surface area contributed by atoms with Crippen molar-refractivity contribution in [2.75, 3.05) is 6.26 Å². The van der Waals surface area contributed by atoms with Gasteiger partial charge in [0.2, 0.25) is 14.9 Å². The first-order valence-corrected chi connectivity index (χ1v) is 6.18. The van der Waals surface area contributed by atoms with Crippen molar-refractivity contribution in [3.8, 4) is 0 Å². The van der Waals surface area contributed by atoms with Crippen molar-refractivity contribution < 1.29 is 12.8 Å². The summed E-state index contributed by atoms with van der Waals surface area (Å²) < 4.78 is 27.1. The summed E-state index contributed by atoms with van der Waals surface area (Å²) in [7, 11) is -3.28. The van der Waals surface area contributed by atoms with Crippen LogP contribution in [0.2, 0.25) is 0 Å². The molecule has 0 aromatic carbocycles. The first kappa shape index (κ1) is 9.73. The number of hydrogen-bond donors (Lipinski definition) is 0. The molecule has 0 saturated carbocycles. The summed E-state index contributed by atoms with van der Waals surface area (Å²) in [6, 6.07) is 0. The zero-order chi connectivity index (χ0) is 9.35. The Balaban J connectivity index is 3.33. The summed E-state index contributed by atoms with van der Waals surface area (Å²) in [5.74, 6) is 0.366. The van der Waals surface area contributed by atoms with Crippen LogP contribution in [0, 0.1) is 6.92 Å². The lowest BCUT2D eigenvalue weighted by molar-refractivity contribution is 0.422. The number of aromatic nitrogens is 1. The summed E-state index contributed by atoms with van der Waals surface area (Å²) in [6.07, 6.45) is 1.10. The molecule has 1 aromatic rings. The molecular weight excluding hydrogens is 246 g/mol. The molecule has 1 rings (SSSR count). The van der Waals surface area contributed by atoms with E-state index in [1.54, 1.807) is 6.92 Å². The van der Waals surface area contributed by atoms with Gasteiger partial charge in [-0.2, -0.15) is 0 Å². The number of rotatable bonds is 2. The van der Waals surface area contributed by atoms with Gasteiger partial charge in [-0.3, -0.25) is 0 Å². The van der Waals surface area contributed by atoms with Gasteiger partial charge < -0.3 is 4.42 Å². The number of alkyl halides is 1. The highest BCUT2D eigenvalue weighted by molar-refractivity contribution is 9.08. The lowest BCUT2D eigenvalue weighted by Crippen LogP contribution is -1.98. The molecule has 0 saturated heterocycles. The van der Waals surface area contributed by atoms with Gasteiger partial charge >= 0.3 is 0 Å². The predicted octanol–water partition coefficient (Wildman–Crippen LogP) is 1.28. The molecule has 0 amide bonds. The first-order chi connectivity index (χ1) is 5.45. The molecule has 1 heterocycles. The molecule has 12 heavy (non-hydrogen) atoms. The van der Waals surface area contributed by atoms with E-state index in [1.807, 2.05) is 0 Å². The summed E-state index contributed by atoms with van der Waals surface area (Å²) in [6.45, 7) is 1.61. The van der Waals surface area contributed by atoms with Crippen molar-refractivity contribution in [2.45, 2.75) is 17.3 Å². The topological polar surface area (TPSA) is 60.2 Å². The third kappa shape index (κ3) is 1.87. The zero-order valence-electron chi connectivity index (χ0n) is 6.67. The second-order valence-corrected chi connectivity index (χ2v) is 4.85. The largest absolute Gasteiger partial charge is 0.429 e. The maximum atomic E-state index is 11.1. The molecule has 4 nitrogen and oxygen atoms in total. The molecule has 0 aliphatic carbocycles. The van der Waals surface area contributed by atoms with Crippen LogP contribution in [0.25, 0.3) is 0 Å². The Kier molecular flexibility index (Phi) is 2.58. The quantitative estimate of drug-likeness (QED) is 0.746. The van der Waals surface area contributed by atoms with Crippen LogP contribution in [0.4, 0.5) is 0 Å². The monoisotopic (exact) mass is 253 g/mol. The number of sulfone groups is 1. The first-order valence-electron chi connectivity index (χ1n) is 3.17. The van der Waals surface area contributed by atoms with Crippen molar-refractivity contribution in [3.63, 3.8) is 0 Å². The fraction of sp³-hybridized carbons (Fsp3) is 0.500. The summed E-state index contributed by atoms with van der Waals surface area (Å²) in [5, 5.41) is 0.337. The standard InChI is InChI=1S/C6H8BrNO3S/c1-4-8-5(3-7)6(11-4)12(2,9)10/h3H2,1-2H3. The molecule has 0 bridgehead atoms. The SMILES string of the molecule is Cc1nc(CBr)c(S(C)(=O)=O)o1. The highest BCUT2D eigenvalue weighted by atomic mass is 79.9. The van der Waals surface area contributed by atoms with Crippen molar-refractivity contribution in [2.24, 2.45) is 0 Å². The molecule has 0 atom stereocenters. The van der Waals surface area contributed by atoms with Crippen LogP contribution in [0.1, 0.15) is 11.6 Å². The summed E-state index contributed by atoms with van der Waals surface area (Å²) in [4.78, 5) is 3.90. The Morgan fingerprint density at radius 2 is 2.17 bits per heavy atom. The Morgan fingerprint density at radius 1 is 1.58 bits per heavy atom. The van der Waals surface area contributed by atoms with Crippen molar-refractivity contribution >= 4 is 25.8 Å². The molecule has 0 aliphatic heterocycles. The average Bonchev–Trinajstić information content (AvgIpc) is 2.29. The highest BCUT2D eigenvalue weighted by Gasteiger charge is 2.19. The molecule has 0 unspecified atom stereocenters. The normalized spacial score (nSPS) is 11.9. The van der Waals surface area contributed by atoms with Crippen LogP contribution in [0.3, 0.4) is 0 Å². The molecule has 0 aliphatic rings. The van der Waals surface area contributed by atoms with E-state index in [2.05, 4.69) is 20.9 Å². The van der Waals surface area contributed by atoms with Gasteiger partial charge in [-0.15, -0.1) is 0 Å². The van der Waals surface area contributed by atoms with E-state index in [9.17, 15) is 8.42 Å². The van der Waals surface area contributed by atoms with E-state index in [0.29, 0.717) is 16.9 Å². The molecule has 1 aromatic heterocycles. The average molecular weight is 254 g/mol. The van der Waals surface area contributed by atoms with Crippen molar-refractivity contribution in [1.82, 2.24) is 4.98 Å². The molecule has 68 valence electrons. The van der Waals surface area contributed by atoms with Crippen molar-refractivity contribution in [1.29, 1.82) is 0 Å². The van der Waals surface area contributed by atoms with Gasteiger partial charge in [0.25, 0.3) is 0 Å². The lowest BCUT2D eigenvalue weighted by atomic mass is 10.6. The van der Waals surface area contributed by atoms with Crippen LogP contribution >= 0.6 is 15.9 Å². The second-order valence-electron chi connectivity index (χ2n) is 2.37. The smallest absolute Gasteiger partial charge is 0.242 e. The van der Waals surface area contributed by atoms with E-state index in [1.165, 1.54) is 0 Å². The maximum Gasteiger partial charge on any atom is 0.242 e. The minimum atomic E-state index is -3.28. The van der Waals surface area contributed by atoms with Gasteiger partial charge in [-0.1, -0.05) is 15.9 Å².